The molecular weight excluding hydrogens is 480 g/mol. The fraction of sp³-hybridized carbons (Fsp3) is 0.850. The van der Waals surface area contributed by atoms with E-state index in [9.17, 15) is 0 Å². The quantitative estimate of drug-likeness (QED) is 0.226. The average Bonchev–Trinajstić information content (AvgIpc) is 3.38. The summed E-state index contributed by atoms with van der Waals surface area (Å²) in [6.07, 6.45) is 19.0. The smallest absolute Gasteiger partial charge is 0.0162 e. The van der Waals surface area contributed by atoms with Crippen molar-refractivity contribution in [3.05, 3.63) is 35.4 Å². The van der Waals surface area contributed by atoms with Crippen LogP contribution in [0.3, 0.4) is 0 Å². The lowest BCUT2D eigenvalue weighted by atomic mass is 9.74. The molecule has 3 atom stereocenters. The molecular formula is C40H78. The standard InChI is InChI=1S/C19H32.C10H22.C8H16.C3H8/c1-6-9-16(7-2)18-10-12-19(13-11-18)17(8-3)14-15(4)5;1-6-8-10(5,7-2)9(3)4;1-3-8(2)6-4-5-7-8;1-3-2/h10-13,15-17H,6-9,14H2,1-5H3;9H,6-8H2,1-5H3;3-7H2,1-2H3;3H2,1-2H3. The first-order valence-corrected chi connectivity index (χ1v) is 18.0. The van der Waals surface area contributed by atoms with Crippen molar-refractivity contribution in [3.8, 4) is 0 Å². The largest absolute Gasteiger partial charge is 0.0656 e. The van der Waals surface area contributed by atoms with Gasteiger partial charge < -0.3 is 0 Å². The van der Waals surface area contributed by atoms with Crippen LogP contribution in [0, 0.1) is 22.7 Å². The molecule has 0 aromatic heterocycles. The van der Waals surface area contributed by atoms with Gasteiger partial charge in [0.05, 0.1) is 0 Å². The fourth-order valence-electron chi connectivity index (χ4n) is 6.13. The minimum Gasteiger partial charge on any atom is -0.0656 e. The predicted octanol–water partition coefficient (Wildman–Crippen LogP) is 14.8. The first-order chi connectivity index (χ1) is 18.9. The molecule has 0 heterocycles. The van der Waals surface area contributed by atoms with Crippen LogP contribution < -0.4 is 0 Å². The molecule has 0 nitrogen and oxygen atoms in total. The van der Waals surface area contributed by atoms with Crippen molar-refractivity contribution in [2.24, 2.45) is 22.7 Å². The Morgan fingerprint density at radius 2 is 1.18 bits per heavy atom. The van der Waals surface area contributed by atoms with Crippen LogP contribution in [0.15, 0.2) is 24.3 Å². The molecule has 3 unspecified atom stereocenters. The van der Waals surface area contributed by atoms with E-state index < -0.39 is 0 Å². The van der Waals surface area contributed by atoms with Gasteiger partial charge in [0, 0.05) is 0 Å². The molecule has 1 aromatic carbocycles. The van der Waals surface area contributed by atoms with Crippen LogP contribution >= 0.6 is 0 Å². The molecule has 0 N–H and O–H groups in total. The van der Waals surface area contributed by atoms with E-state index in [2.05, 4.69) is 121 Å². The average molecular weight is 559 g/mol. The third-order valence-electron chi connectivity index (χ3n) is 9.94. The van der Waals surface area contributed by atoms with Gasteiger partial charge in [-0.2, -0.15) is 0 Å². The summed E-state index contributed by atoms with van der Waals surface area (Å²) >= 11 is 0. The molecule has 0 heteroatoms. The van der Waals surface area contributed by atoms with Crippen molar-refractivity contribution in [2.75, 3.05) is 0 Å². The Morgan fingerprint density at radius 3 is 1.43 bits per heavy atom. The third-order valence-corrected chi connectivity index (χ3v) is 9.94. The van der Waals surface area contributed by atoms with Gasteiger partial charge >= 0.3 is 0 Å². The van der Waals surface area contributed by atoms with Crippen molar-refractivity contribution < 1.29 is 0 Å². The van der Waals surface area contributed by atoms with Crippen molar-refractivity contribution in [1.29, 1.82) is 0 Å². The highest BCUT2D eigenvalue weighted by Gasteiger charge is 2.26. The lowest BCUT2D eigenvalue weighted by Gasteiger charge is -2.32. The molecule has 1 aliphatic rings. The van der Waals surface area contributed by atoms with Gasteiger partial charge in [-0.05, 0) is 90.6 Å². The van der Waals surface area contributed by atoms with E-state index in [1.54, 1.807) is 0 Å². The van der Waals surface area contributed by atoms with Crippen LogP contribution in [-0.4, -0.2) is 0 Å². The Balaban J connectivity index is 0. The normalized spacial score (nSPS) is 17.0. The summed E-state index contributed by atoms with van der Waals surface area (Å²) in [6.45, 7) is 32.2. The van der Waals surface area contributed by atoms with E-state index in [1.165, 1.54) is 101 Å². The first-order valence-electron chi connectivity index (χ1n) is 18.0. The predicted molar refractivity (Wildman–Crippen MR) is 188 cm³/mol. The zero-order chi connectivity index (χ0) is 31.2. The summed E-state index contributed by atoms with van der Waals surface area (Å²) in [6, 6.07) is 9.51. The van der Waals surface area contributed by atoms with Crippen molar-refractivity contribution >= 4 is 0 Å². The molecule has 1 saturated carbocycles. The van der Waals surface area contributed by atoms with Crippen LogP contribution in [0.2, 0.25) is 0 Å². The van der Waals surface area contributed by atoms with Crippen LogP contribution in [0.5, 0.6) is 0 Å². The van der Waals surface area contributed by atoms with E-state index in [1.807, 2.05) is 0 Å². The molecule has 1 fully saturated rings. The summed E-state index contributed by atoms with van der Waals surface area (Å²) < 4.78 is 0. The van der Waals surface area contributed by atoms with Gasteiger partial charge in [0.1, 0.15) is 0 Å². The van der Waals surface area contributed by atoms with Crippen molar-refractivity contribution in [1.82, 2.24) is 0 Å². The number of hydrogen-bond acceptors (Lipinski definition) is 0. The van der Waals surface area contributed by atoms with Gasteiger partial charge in [0.15, 0.2) is 0 Å². The summed E-state index contributed by atoms with van der Waals surface area (Å²) in [5.41, 5.74) is 4.40. The molecule has 0 spiro atoms. The molecule has 1 aliphatic carbocycles. The van der Waals surface area contributed by atoms with E-state index in [4.69, 9.17) is 0 Å². The van der Waals surface area contributed by atoms with E-state index >= 15 is 0 Å². The van der Waals surface area contributed by atoms with Crippen molar-refractivity contribution in [2.45, 2.75) is 199 Å². The second-order valence-electron chi connectivity index (χ2n) is 14.3. The van der Waals surface area contributed by atoms with Gasteiger partial charge in [-0.1, -0.05) is 166 Å². The Morgan fingerprint density at radius 1 is 0.725 bits per heavy atom. The SMILES string of the molecule is CCC.CCC1(C)CCCC1.CCCC(C)(CC)C(C)C.CCCC(CC)c1ccc(C(CC)CC(C)C)cc1. The lowest BCUT2D eigenvalue weighted by Crippen LogP contribution is -2.21. The van der Waals surface area contributed by atoms with E-state index in [-0.39, 0.29) is 0 Å². The van der Waals surface area contributed by atoms with Crippen LogP contribution in [0.1, 0.15) is 210 Å². The Bertz CT molecular complexity index is 660. The highest BCUT2D eigenvalue weighted by Crippen LogP contribution is 2.40. The zero-order valence-corrected chi connectivity index (χ0v) is 30.5. The van der Waals surface area contributed by atoms with E-state index in [0.717, 1.165) is 29.1 Å². The molecule has 1 aromatic rings. The summed E-state index contributed by atoms with van der Waals surface area (Å²) in [4.78, 5) is 0. The number of hydrogen-bond donors (Lipinski definition) is 0. The van der Waals surface area contributed by atoms with Crippen LogP contribution in [0.25, 0.3) is 0 Å². The third kappa shape index (κ3) is 17.2. The molecule has 238 valence electrons. The maximum atomic E-state index is 2.42. The highest BCUT2D eigenvalue weighted by atomic mass is 14.3. The minimum absolute atomic E-state index is 0.592. The molecule has 0 bridgehead atoms. The number of benzene rings is 1. The van der Waals surface area contributed by atoms with Gasteiger partial charge in [0.2, 0.25) is 0 Å². The van der Waals surface area contributed by atoms with Gasteiger partial charge in [-0.3, -0.25) is 0 Å². The topological polar surface area (TPSA) is 0 Å². The summed E-state index contributed by atoms with van der Waals surface area (Å²) in [5, 5.41) is 0. The molecule has 0 aliphatic heterocycles. The fourth-order valence-corrected chi connectivity index (χ4v) is 6.13. The second kappa shape index (κ2) is 23.7. The van der Waals surface area contributed by atoms with Gasteiger partial charge in [-0.25, -0.2) is 0 Å². The minimum atomic E-state index is 0.592. The Hall–Kier alpha value is -0.780. The van der Waals surface area contributed by atoms with Gasteiger partial charge in [-0.15, -0.1) is 0 Å². The lowest BCUT2D eigenvalue weighted by molar-refractivity contribution is 0.188. The maximum Gasteiger partial charge on any atom is -0.0162 e. The zero-order valence-electron chi connectivity index (χ0n) is 30.5. The highest BCUT2D eigenvalue weighted by molar-refractivity contribution is 5.27. The van der Waals surface area contributed by atoms with Gasteiger partial charge in [0.25, 0.3) is 0 Å². The molecule has 0 radical (unpaired) electrons. The molecule has 40 heavy (non-hydrogen) atoms. The van der Waals surface area contributed by atoms with Crippen molar-refractivity contribution in [3.63, 3.8) is 0 Å². The van der Waals surface area contributed by atoms with Crippen LogP contribution in [0.4, 0.5) is 0 Å². The molecule has 0 amide bonds. The Kier molecular flexibility index (Phi) is 24.6. The Labute approximate surface area is 256 Å². The summed E-state index contributed by atoms with van der Waals surface area (Å²) in [7, 11) is 0. The monoisotopic (exact) mass is 559 g/mol. The number of rotatable bonds is 13. The molecule has 2 rings (SSSR count). The summed E-state index contributed by atoms with van der Waals surface area (Å²) in [5.74, 6) is 3.11. The van der Waals surface area contributed by atoms with E-state index in [0.29, 0.717) is 5.41 Å². The first kappa shape index (κ1) is 41.4. The second-order valence-corrected chi connectivity index (χ2v) is 14.3. The van der Waals surface area contributed by atoms with Crippen LogP contribution in [-0.2, 0) is 0 Å². The maximum absolute atomic E-state index is 2.42. The molecule has 0 saturated heterocycles.